The van der Waals surface area contributed by atoms with Crippen molar-refractivity contribution in [2.45, 2.75) is 0 Å². The predicted octanol–water partition coefficient (Wildman–Crippen LogP) is 13.2. The minimum atomic E-state index is 0.609. The Morgan fingerprint density at radius 3 is 1.32 bits per heavy atom. The first-order valence-electron chi connectivity index (χ1n) is 18.8. The molecular formula is C51H32N4O. The zero-order valence-electron chi connectivity index (χ0n) is 30.2. The van der Waals surface area contributed by atoms with Crippen molar-refractivity contribution in [2.75, 3.05) is 0 Å². The van der Waals surface area contributed by atoms with Gasteiger partial charge in [0.2, 0.25) is 0 Å². The molecule has 5 heteroatoms. The Morgan fingerprint density at radius 2 is 0.750 bits per heavy atom. The van der Waals surface area contributed by atoms with E-state index in [0.717, 1.165) is 71.9 Å². The summed E-state index contributed by atoms with van der Waals surface area (Å²) in [6.45, 7) is 0. The highest BCUT2D eigenvalue weighted by atomic mass is 16.3. The van der Waals surface area contributed by atoms with Crippen molar-refractivity contribution in [2.24, 2.45) is 0 Å². The molecule has 8 aromatic carbocycles. The second-order valence-corrected chi connectivity index (χ2v) is 14.0. The van der Waals surface area contributed by atoms with Crippen molar-refractivity contribution in [1.29, 1.82) is 0 Å². The largest absolute Gasteiger partial charge is 0.454 e. The summed E-state index contributed by atoms with van der Waals surface area (Å²) >= 11 is 0. The van der Waals surface area contributed by atoms with Crippen LogP contribution in [0.1, 0.15) is 0 Å². The van der Waals surface area contributed by atoms with Gasteiger partial charge in [-0.2, -0.15) is 0 Å². The maximum atomic E-state index is 6.58. The van der Waals surface area contributed by atoms with Crippen molar-refractivity contribution >= 4 is 43.7 Å². The summed E-state index contributed by atoms with van der Waals surface area (Å²) in [6, 6.07) is 67.4. The van der Waals surface area contributed by atoms with Gasteiger partial charge in [0.15, 0.2) is 23.1 Å². The molecule has 11 rings (SSSR count). The summed E-state index contributed by atoms with van der Waals surface area (Å²) in [5.74, 6) is 1.85. The fraction of sp³-hybridized carbons (Fsp3) is 0. The van der Waals surface area contributed by atoms with Crippen molar-refractivity contribution in [1.82, 2.24) is 19.5 Å². The first-order chi connectivity index (χ1) is 27.7. The lowest BCUT2D eigenvalue weighted by Crippen LogP contribution is -2.01. The fourth-order valence-electron chi connectivity index (χ4n) is 7.91. The molecule has 11 aromatic rings. The molecule has 0 aliphatic heterocycles. The van der Waals surface area contributed by atoms with E-state index in [1.54, 1.807) is 0 Å². The summed E-state index contributed by atoms with van der Waals surface area (Å²) < 4.78 is 8.89. The molecule has 0 aliphatic carbocycles. The second-order valence-electron chi connectivity index (χ2n) is 14.0. The van der Waals surface area contributed by atoms with Gasteiger partial charge in [0.1, 0.15) is 5.58 Å². The molecule has 5 nitrogen and oxygen atoms in total. The van der Waals surface area contributed by atoms with Gasteiger partial charge in [-0.1, -0.05) is 152 Å². The maximum Gasteiger partial charge on any atom is 0.164 e. The van der Waals surface area contributed by atoms with Crippen LogP contribution in [-0.2, 0) is 0 Å². The molecule has 0 unspecified atom stereocenters. The Balaban J connectivity index is 1.04. The van der Waals surface area contributed by atoms with Gasteiger partial charge < -0.3 is 8.98 Å². The summed E-state index contributed by atoms with van der Waals surface area (Å²) in [6.07, 6.45) is 0. The minimum Gasteiger partial charge on any atom is -0.454 e. The lowest BCUT2D eigenvalue weighted by molar-refractivity contribution is 0.671. The lowest BCUT2D eigenvalue weighted by Gasteiger charge is -2.11. The smallest absolute Gasteiger partial charge is 0.164 e. The normalized spacial score (nSPS) is 11.6. The maximum absolute atomic E-state index is 6.58. The Kier molecular flexibility index (Phi) is 7.42. The molecule has 3 heterocycles. The van der Waals surface area contributed by atoms with E-state index < -0.39 is 0 Å². The Labute approximate surface area is 322 Å². The van der Waals surface area contributed by atoms with Crippen molar-refractivity contribution in [3.05, 3.63) is 194 Å². The zero-order chi connectivity index (χ0) is 37.0. The number of furan rings is 1. The highest BCUT2D eigenvalue weighted by Gasteiger charge is 2.19. The molecule has 56 heavy (non-hydrogen) atoms. The second kappa shape index (κ2) is 13.0. The van der Waals surface area contributed by atoms with E-state index >= 15 is 0 Å². The molecule has 0 spiro atoms. The monoisotopic (exact) mass is 716 g/mol. The number of fused-ring (bicyclic) bond motifs is 7. The Bertz CT molecular complexity index is 3100. The Morgan fingerprint density at radius 1 is 0.321 bits per heavy atom. The summed E-state index contributed by atoms with van der Waals surface area (Å²) in [5.41, 5.74) is 12.3. The quantitative estimate of drug-likeness (QED) is 0.172. The molecule has 0 aliphatic rings. The van der Waals surface area contributed by atoms with Crippen LogP contribution >= 0.6 is 0 Å². The summed E-state index contributed by atoms with van der Waals surface area (Å²) in [5, 5.41) is 4.55. The minimum absolute atomic E-state index is 0.609. The zero-order valence-corrected chi connectivity index (χ0v) is 30.2. The van der Waals surface area contributed by atoms with Crippen LogP contribution in [0.4, 0.5) is 0 Å². The molecule has 0 saturated carbocycles. The molecule has 0 fully saturated rings. The van der Waals surface area contributed by atoms with Gasteiger partial charge in [0.25, 0.3) is 0 Å². The van der Waals surface area contributed by atoms with Crippen LogP contribution < -0.4 is 0 Å². The molecule has 262 valence electrons. The molecular weight excluding hydrogens is 685 g/mol. The standard InChI is InChI=1S/C51H32N4O/c1-3-11-33(12-4-1)35-19-23-37(24-20-35)49-52-50(38-25-21-36(22-26-38)34-13-5-2-6-14-34)54-51(53-49)39-27-29-40(30-28-39)55-45-17-9-7-15-41(45)43-31-32-44-42-16-8-10-18-46(42)56-48(44)47(43)55/h1-32H. The SMILES string of the molecule is c1ccc(-c2ccc(-c3nc(-c4ccc(-c5ccccc5)cc4)nc(-c4ccc(-n5c6ccccc6c6ccc7c8ccccc8oc7c65)cc4)n3)cc2)cc1. The van der Waals surface area contributed by atoms with E-state index in [1.807, 2.05) is 24.3 Å². The number of benzene rings is 8. The third-order valence-corrected chi connectivity index (χ3v) is 10.7. The lowest BCUT2D eigenvalue weighted by atomic mass is 10.0. The number of hydrogen-bond donors (Lipinski definition) is 0. The average molecular weight is 717 g/mol. The van der Waals surface area contributed by atoms with Crippen LogP contribution in [-0.4, -0.2) is 19.5 Å². The van der Waals surface area contributed by atoms with Crippen LogP contribution in [0.5, 0.6) is 0 Å². The first kappa shape index (κ1) is 31.9. The van der Waals surface area contributed by atoms with Crippen molar-refractivity contribution < 1.29 is 4.42 Å². The van der Waals surface area contributed by atoms with Crippen LogP contribution in [0, 0.1) is 0 Å². The number of hydrogen-bond acceptors (Lipinski definition) is 4. The molecule has 0 atom stereocenters. The number of rotatable bonds is 6. The molecule has 0 amide bonds. The van der Waals surface area contributed by atoms with Gasteiger partial charge in [0, 0.05) is 43.9 Å². The van der Waals surface area contributed by atoms with Crippen LogP contribution in [0.2, 0.25) is 0 Å². The number of aromatic nitrogens is 4. The summed E-state index contributed by atoms with van der Waals surface area (Å²) in [4.78, 5) is 15.2. The van der Waals surface area contributed by atoms with Gasteiger partial charge >= 0.3 is 0 Å². The number of para-hydroxylation sites is 2. The fourth-order valence-corrected chi connectivity index (χ4v) is 7.91. The van der Waals surface area contributed by atoms with E-state index in [4.69, 9.17) is 19.4 Å². The van der Waals surface area contributed by atoms with Crippen LogP contribution in [0.15, 0.2) is 199 Å². The first-order valence-corrected chi connectivity index (χ1v) is 18.8. The average Bonchev–Trinajstić information content (AvgIpc) is 3.83. The van der Waals surface area contributed by atoms with Gasteiger partial charge in [-0.25, -0.2) is 15.0 Å². The van der Waals surface area contributed by atoms with E-state index in [-0.39, 0.29) is 0 Å². The van der Waals surface area contributed by atoms with E-state index in [1.165, 1.54) is 16.5 Å². The van der Waals surface area contributed by atoms with Crippen molar-refractivity contribution in [3.8, 4) is 62.1 Å². The summed E-state index contributed by atoms with van der Waals surface area (Å²) in [7, 11) is 0. The van der Waals surface area contributed by atoms with Gasteiger partial charge in [-0.05, 0) is 64.7 Å². The highest BCUT2D eigenvalue weighted by molar-refractivity contribution is 6.21. The van der Waals surface area contributed by atoms with Gasteiger partial charge in [-0.15, -0.1) is 0 Å². The highest BCUT2D eigenvalue weighted by Crippen LogP contribution is 2.40. The van der Waals surface area contributed by atoms with Gasteiger partial charge in [-0.3, -0.25) is 0 Å². The third-order valence-electron chi connectivity index (χ3n) is 10.7. The molecule has 0 saturated heterocycles. The number of nitrogens with zero attached hydrogens (tertiary/aromatic N) is 4. The molecule has 0 radical (unpaired) electrons. The molecule has 0 N–H and O–H groups in total. The van der Waals surface area contributed by atoms with E-state index in [2.05, 4.69) is 174 Å². The Hall–Kier alpha value is -7.63. The molecule has 3 aromatic heterocycles. The third kappa shape index (κ3) is 5.37. The molecule has 0 bridgehead atoms. The van der Waals surface area contributed by atoms with Gasteiger partial charge in [0.05, 0.1) is 11.0 Å². The predicted molar refractivity (Wildman–Crippen MR) is 229 cm³/mol. The van der Waals surface area contributed by atoms with Crippen LogP contribution in [0.25, 0.3) is 106 Å². The van der Waals surface area contributed by atoms with Crippen LogP contribution in [0.3, 0.4) is 0 Å². The van der Waals surface area contributed by atoms with E-state index in [9.17, 15) is 0 Å². The van der Waals surface area contributed by atoms with E-state index in [0.29, 0.717) is 17.5 Å². The van der Waals surface area contributed by atoms with Crippen molar-refractivity contribution in [3.63, 3.8) is 0 Å². The topological polar surface area (TPSA) is 56.7 Å².